The van der Waals surface area contributed by atoms with Crippen molar-refractivity contribution in [1.29, 1.82) is 5.26 Å². The fourth-order valence-electron chi connectivity index (χ4n) is 1.60. The van der Waals surface area contributed by atoms with Crippen LogP contribution in [0.2, 0.25) is 0 Å². The van der Waals surface area contributed by atoms with Crippen LogP contribution in [0.3, 0.4) is 0 Å². The summed E-state index contributed by atoms with van der Waals surface area (Å²) < 4.78 is 13.1. The highest BCUT2D eigenvalue weighted by Gasteiger charge is 2.02. The Morgan fingerprint density at radius 1 is 1.28 bits per heavy atom. The van der Waals surface area contributed by atoms with Crippen molar-refractivity contribution in [2.75, 3.05) is 11.9 Å². The molecule has 0 spiro atoms. The van der Waals surface area contributed by atoms with E-state index in [2.05, 4.69) is 10.3 Å². The number of pyridine rings is 1. The number of halogens is 1. The Morgan fingerprint density at radius 2 is 2.17 bits per heavy atom. The van der Waals surface area contributed by atoms with Crippen LogP contribution in [0.1, 0.15) is 11.3 Å². The molecular formula is C14H12FN3. The average molecular weight is 241 g/mol. The summed E-state index contributed by atoms with van der Waals surface area (Å²) >= 11 is 0. The van der Waals surface area contributed by atoms with Crippen LogP contribution >= 0.6 is 0 Å². The summed E-state index contributed by atoms with van der Waals surface area (Å²) in [5, 5.41) is 11.9. The summed E-state index contributed by atoms with van der Waals surface area (Å²) in [7, 11) is 0. The lowest BCUT2D eigenvalue weighted by atomic mass is 10.2. The lowest BCUT2D eigenvalue weighted by Crippen LogP contribution is -2.06. The lowest BCUT2D eigenvalue weighted by Gasteiger charge is -2.06. The molecule has 0 fully saturated rings. The molecule has 2 aromatic rings. The highest BCUT2D eigenvalue weighted by molar-refractivity contribution is 5.49. The second-order valence-electron chi connectivity index (χ2n) is 3.80. The molecule has 0 saturated heterocycles. The first-order valence-electron chi connectivity index (χ1n) is 5.63. The second kappa shape index (κ2) is 5.78. The Kier molecular flexibility index (Phi) is 3.87. The average Bonchev–Trinajstić information content (AvgIpc) is 2.42. The molecule has 1 aromatic carbocycles. The first-order valence-corrected chi connectivity index (χ1v) is 5.63. The molecule has 0 unspecified atom stereocenters. The van der Waals surface area contributed by atoms with E-state index in [0.717, 1.165) is 17.8 Å². The summed E-state index contributed by atoms with van der Waals surface area (Å²) in [6, 6.07) is 12.0. The largest absolute Gasteiger partial charge is 0.385 e. The van der Waals surface area contributed by atoms with E-state index in [1.807, 2.05) is 24.3 Å². The number of hydrogen-bond donors (Lipinski definition) is 1. The molecule has 0 aliphatic carbocycles. The van der Waals surface area contributed by atoms with Gasteiger partial charge in [-0.3, -0.25) is 4.98 Å². The van der Waals surface area contributed by atoms with Gasteiger partial charge in [0.2, 0.25) is 0 Å². The number of nitrogens with one attached hydrogen (secondary N) is 1. The predicted octanol–water partition coefficient (Wildman–Crippen LogP) is 2.75. The van der Waals surface area contributed by atoms with Gasteiger partial charge >= 0.3 is 0 Å². The third-order valence-electron chi connectivity index (χ3n) is 2.52. The topological polar surface area (TPSA) is 48.7 Å². The van der Waals surface area contributed by atoms with Crippen LogP contribution in [-0.4, -0.2) is 11.5 Å². The number of rotatable bonds is 4. The van der Waals surface area contributed by atoms with E-state index in [9.17, 15) is 4.39 Å². The van der Waals surface area contributed by atoms with Crippen LogP contribution in [0, 0.1) is 17.1 Å². The van der Waals surface area contributed by atoms with E-state index in [0.29, 0.717) is 6.54 Å². The van der Waals surface area contributed by atoms with Gasteiger partial charge in [0.15, 0.2) is 0 Å². The van der Waals surface area contributed by atoms with Crippen LogP contribution in [0.5, 0.6) is 0 Å². The van der Waals surface area contributed by atoms with E-state index >= 15 is 0 Å². The van der Waals surface area contributed by atoms with Crippen molar-refractivity contribution in [3.05, 3.63) is 59.7 Å². The SMILES string of the molecule is N#Cc1cc(NCCc2ccccn2)ccc1F. The molecule has 1 aromatic heterocycles. The van der Waals surface area contributed by atoms with Crippen molar-refractivity contribution in [1.82, 2.24) is 4.98 Å². The van der Waals surface area contributed by atoms with Gasteiger partial charge in [-0.15, -0.1) is 0 Å². The molecule has 0 saturated carbocycles. The lowest BCUT2D eigenvalue weighted by molar-refractivity contribution is 0.624. The van der Waals surface area contributed by atoms with Gasteiger partial charge in [-0.2, -0.15) is 5.26 Å². The standard InChI is InChI=1S/C14H12FN3/c15-14-5-4-13(9-11(14)10-16)18-8-6-12-3-1-2-7-17-12/h1-5,7,9,18H,6,8H2. The van der Waals surface area contributed by atoms with Crippen molar-refractivity contribution in [2.45, 2.75) is 6.42 Å². The number of nitrogens with zero attached hydrogens (tertiary/aromatic N) is 2. The van der Waals surface area contributed by atoms with E-state index in [1.54, 1.807) is 12.3 Å². The number of benzene rings is 1. The fraction of sp³-hybridized carbons (Fsp3) is 0.143. The first kappa shape index (κ1) is 12.1. The van der Waals surface area contributed by atoms with Crippen molar-refractivity contribution >= 4 is 5.69 Å². The minimum absolute atomic E-state index is 0.0536. The molecule has 0 radical (unpaired) electrons. The van der Waals surface area contributed by atoms with Crippen LogP contribution in [0.15, 0.2) is 42.6 Å². The van der Waals surface area contributed by atoms with E-state index in [-0.39, 0.29) is 5.56 Å². The number of anilines is 1. The van der Waals surface area contributed by atoms with Crippen LogP contribution < -0.4 is 5.32 Å². The van der Waals surface area contributed by atoms with Crippen LogP contribution in [0.4, 0.5) is 10.1 Å². The fourth-order valence-corrected chi connectivity index (χ4v) is 1.60. The number of aromatic nitrogens is 1. The molecular weight excluding hydrogens is 229 g/mol. The van der Waals surface area contributed by atoms with Crippen LogP contribution in [0.25, 0.3) is 0 Å². The maximum Gasteiger partial charge on any atom is 0.141 e. The molecule has 0 amide bonds. The van der Waals surface area contributed by atoms with E-state index in [1.165, 1.54) is 12.1 Å². The molecule has 18 heavy (non-hydrogen) atoms. The van der Waals surface area contributed by atoms with Gasteiger partial charge in [-0.25, -0.2) is 4.39 Å². The minimum atomic E-state index is -0.493. The summed E-state index contributed by atoms with van der Waals surface area (Å²) in [6.45, 7) is 0.688. The van der Waals surface area contributed by atoms with Gasteiger partial charge in [0.25, 0.3) is 0 Å². The predicted molar refractivity (Wildman–Crippen MR) is 67.5 cm³/mol. The van der Waals surface area contributed by atoms with E-state index in [4.69, 9.17) is 5.26 Å². The molecule has 3 nitrogen and oxygen atoms in total. The third kappa shape index (κ3) is 3.05. The number of hydrogen-bond acceptors (Lipinski definition) is 3. The maximum absolute atomic E-state index is 13.1. The molecule has 0 aliphatic rings. The zero-order valence-electron chi connectivity index (χ0n) is 9.73. The molecule has 1 heterocycles. The van der Waals surface area contributed by atoms with Crippen molar-refractivity contribution in [3.8, 4) is 6.07 Å². The molecule has 1 N–H and O–H groups in total. The van der Waals surface area contributed by atoms with Gasteiger partial charge in [-0.05, 0) is 30.3 Å². The van der Waals surface area contributed by atoms with Crippen molar-refractivity contribution in [2.24, 2.45) is 0 Å². The zero-order valence-corrected chi connectivity index (χ0v) is 9.73. The van der Waals surface area contributed by atoms with Crippen molar-refractivity contribution in [3.63, 3.8) is 0 Å². The quantitative estimate of drug-likeness (QED) is 0.895. The van der Waals surface area contributed by atoms with Crippen LogP contribution in [-0.2, 0) is 6.42 Å². The normalized spacial score (nSPS) is 9.78. The molecule has 0 atom stereocenters. The molecule has 0 aliphatic heterocycles. The molecule has 90 valence electrons. The van der Waals surface area contributed by atoms with Gasteiger partial charge in [-0.1, -0.05) is 6.07 Å². The first-order chi connectivity index (χ1) is 8.79. The molecule has 2 rings (SSSR count). The summed E-state index contributed by atoms with van der Waals surface area (Å²) in [6.07, 6.45) is 2.53. The number of nitriles is 1. The smallest absolute Gasteiger partial charge is 0.141 e. The Balaban J connectivity index is 1.93. The Bertz CT molecular complexity index is 561. The van der Waals surface area contributed by atoms with Gasteiger partial charge in [0.05, 0.1) is 5.56 Å². The van der Waals surface area contributed by atoms with Crippen molar-refractivity contribution < 1.29 is 4.39 Å². The van der Waals surface area contributed by atoms with Gasteiger partial charge in [0.1, 0.15) is 11.9 Å². The maximum atomic E-state index is 13.1. The summed E-state index contributed by atoms with van der Waals surface area (Å²) in [5.74, 6) is -0.493. The van der Waals surface area contributed by atoms with Gasteiger partial charge < -0.3 is 5.32 Å². The Hall–Kier alpha value is -2.41. The Labute approximate surface area is 105 Å². The highest BCUT2D eigenvalue weighted by atomic mass is 19.1. The monoisotopic (exact) mass is 241 g/mol. The molecule has 4 heteroatoms. The highest BCUT2D eigenvalue weighted by Crippen LogP contribution is 2.13. The second-order valence-corrected chi connectivity index (χ2v) is 3.80. The summed E-state index contributed by atoms with van der Waals surface area (Å²) in [5.41, 5.74) is 1.79. The summed E-state index contributed by atoms with van der Waals surface area (Å²) in [4.78, 5) is 4.21. The molecule has 0 bridgehead atoms. The minimum Gasteiger partial charge on any atom is -0.385 e. The third-order valence-corrected chi connectivity index (χ3v) is 2.52. The van der Waals surface area contributed by atoms with E-state index < -0.39 is 5.82 Å². The Morgan fingerprint density at radius 3 is 2.89 bits per heavy atom. The zero-order chi connectivity index (χ0) is 12.8. The van der Waals surface area contributed by atoms with Gasteiger partial charge in [0, 0.05) is 30.5 Å².